The molecule has 2 aromatic heterocycles. The molecular weight excluding hydrogens is 378 g/mol. The van der Waals surface area contributed by atoms with Gasteiger partial charge in [0.2, 0.25) is 0 Å². The number of nitrogens with zero attached hydrogens (tertiary/aromatic N) is 4. The molecule has 0 spiro atoms. The van der Waals surface area contributed by atoms with Crippen molar-refractivity contribution >= 4 is 17.2 Å². The summed E-state index contributed by atoms with van der Waals surface area (Å²) in [6, 6.07) is 19.1. The molecule has 0 aliphatic carbocycles. The Bertz CT molecular complexity index is 1200. The lowest BCUT2D eigenvalue weighted by Crippen LogP contribution is -2.20. The monoisotopic (exact) mass is 401 g/mol. The van der Waals surface area contributed by atoms with Crippen LogP contribution < -0.4 is 10.1 Å². The van der Waals surface area contributed by atoms with Crippen molar-refractivity contribution in [2.24, 2.45) is 0 Å². The smallest absolute Gasteiger partial charge is 0.262 e. The van der Waals surface area contributed by atoms with Gasteiger partial charge in [0.05, 0.1) is 5.69 Å². The highest BCUT2D eigenvalue weighted by Gasteiger charge is 2.11. The highest BCUT2D eigenvalue weighted by atomic mass is 16.5. The van der Waals surface area contributed by atoms with Crippen LogP contribution >= 0.6 is 0 Å². The van der Waals surface area contributed by atoms with Crippen molar-refractivity contribution in [3.8, 4) is 17.0 Å². The van der Waals surface area contributed by atoms with Gasteiger partial charge in [-0.05, 0) is 48.7 Å². The Hall–Kier alpha value is -3.74. The van der Waals surface area contributed by atoms with E-state index in [0.717, 1.165) is 28.4 Å². The standard InChI is InChI=1S/C23H23N5O2/c1-15(2)19-9-4-5-10-21(19)30-14-23(29)24-18-8-6-7-17(13-18)20-11-12-22-26-25-16(3)28(22)27-20/h4-13,15H,14H2,1-3H3,(H,24,29). The van der Waals surface area contributed by atoms with E-state index < -0.39 is 0 Å². The number of amides is 1. The Morgan fingerprint density at radius 2 is 1.90 bits per heavy atom. The van der Waals surface area contributed by atoms with E-state index in [1.807, 2.05) is 67.6 Å². The maximum Gasteiger partial charge on any atom is 0.262 e. The molecule has 0 atom stereocenters. The van der Waals surface area contributed by atoms with Crippen LogP contribution in [0.1, 0.15) is 31.2 Å². The Balaban J connectivity index is 1.46. The van der Waals surface area contributed by atoms with E-state index >= 15 is 0 Å². The molecule has 1 amide bonds. The first-order chi connectivity index (χ1) is 14.5. The van der Waals surface area contributed by atoms with Gasteiger partial charge in [0.1, 0.15) is 5.75 Å². The molecule has 30 heavy (non-hydrogen) atoms. The topological polar surface area (TPSA) is 81.4 Å². The zero-order chi connectivity index (χ0) is 21.1. The van der Waals surface area contributed by atoms with Gasteiger partial charge in [-0.2, -0.15) is 9.61 Å². The average Bonchev–Trinajstić information content (AvgIpc) is 3.13. The predicted molar refractivity (Wildman–Crippen MR) is 116 cm³/mol. The summed E-state index contributed by atoms with van der Waals surface area (Å²) in [6.45, 7) is 5.99. The molecule has 0 unspecified atom stereocenters. The number of aryl methyl sites for hydroxylation is 1. The summed E-state index contributed by atoms with van der Waals surface area (Å²) in [6.07, 6.45) is 0. The van der Waals surface area contributed by atoms with Crippen LogP contribution in [0.25, 0.3) is 16.9 Å². The summed E-state index contributed by atoms with van der Waals surface area (Å²) < 4.78 is 7.45. The van der Waals surface area contributed by atoms with Gasteiger partial charge < -0.3 is 10.1 Å². The number of anilines is 1. The van der Waals surface area contributed by atoms with Crippen molar-refractivity contribution in [2.45, 2.75) is 26.7 Å². The van der Waals surface area contributed by atoms with E-state index in [9.17, 15) is 4.79 Å². The number of ether oxygens (including phenoxy) is 1. The van der Waals surface area contributed by atoms with E-state index in [-0.39, 0.29) is 12.5 Å². The molecule has 4 rings (SSSR count). The molecule has 2 aromatic carbocycles. The van der Waals surface area contributed by atoms with E-state index in [0.29, 0.717) is 17.3 Å². The maximum absolute atomic E-state index is 12.4. The van der Waals surface area contributed by atoms with E-state index in [4.69, 9.17) is 4.74 Å². The van der Waals surface area contributed by atoms with Crippen LogP contribution in [0.15, 0.2) is 60.7 Å². The zero-order valence-electron chi connectivity index (χ0n) is 17.2. The lowest BCUT2D eigenvalue weighted by atomic mass is 10.0. The molecule has 2 heterocycles. The van der Waals surface area contributed by atoms with Gasteiger partial charge >= 0.3 is 0 Å². The molecule has 0 bridgehead atoms. The van der Waals surface area contributed by atoms with Crippen molar-refractivity contribution in [3.05, 3.63) is 72.1 Å². The van der Waals surface area contributed by atoms with Crippen molar-refractivity contribution in [1.82, 2.24) is 19.8 Å². The third-order valence-corrected chi connectivity index (χ3v) is 4.76. The number of para-hydroxylation sites is 1. The number of nitrogens with one attached hydrogen (secondary N) is 1. The Morgan fingerprint density at radius 1 is 1.07 bits per heavy atom. The molecule has 0 saturated heterocycles. The molecule has 0 aliphatic rings. The highest BCUT2D eigenvalue weighted by Crippen LogP contribution is 2.26. The van der Waals surface area contributed by atoms with Crippen LogP contribution in [0, 0.1) is 6.92 Å². The second-order valence-electron chi connectivity index (χ2n) is 7.35. The van der Waals surface area contributed by atoms with Crippen molar-refractivity contribution in [3.63, 3.8) is 0 Å². The van der Waals surface area contributed by atoms with Crippen LogP contribution in [0.3, 0.4) is 0 Å². The van der Waals surface area contributed by atoms with E-state index in [1.54, 1.807) is 4.52 Å². The fourth-order valence-electron chi connectivity index (χ4n) is 3.24. The number of benzene rings is 2. The van der Waals surface area contributed by atoms with Crippen LogP contribution in [0.5, 0.6) is 5.75 Å². The second kappa shape index (κ2) is 8.32. The molecule has 7 nitrogen and oxygen atoms in total. The van der Waals surface area contributed by atoms with Gasteiger partial charge in [-0.25, -0.2) is 0 Å². The Labute approximate surface area is 174 Å². The van der Waals surface area contributed by atoms with E-state index in [1.165, 1.54) is 0 Å². The minimum atomic E-state index is -0.219. The van der Waals surface area contributed by atoms with Crippen LogP contribution in [-0.2, 0) is 4.79 Å². The first-order valence-electron chi connectivity index (χ1n) is 9.82. The minimum Gasteiger partial charge on any atom is -0.483 e. The first kappa shape index (κ1) is 19.6. The fourth-order valence-corrected chi connectivity index (χ4v) is 3.24. The SMILES string of the molecule is Cc1nnc2ccc(-c3cccc(NC(=O)COc4ccccc4C(C)C)c3)nn12. The van der Waals surface area contributed by atoms with Gasteiger partial charge in [-0.15, -0.1) is 10.2 Å². The van der Waals surface area contributed by atoms with Gasteiger partial charge in [-0.3, -0.25) is 4.79 Å². The number of carbonyl (C=O) groups excluding carboxylic acids is 1. The Morgan fingerprint density at radius 3 is 2.73 bits per heavy atom. The molecule has 1 N–H and O–H groups in total. The lowest BCUT2D eigenvalue weighted by Gasteiger charge is -2.14. The molecule has 0 fully saturated rings. The number of carbonyl (C=O) groups is 1. The number of hydrogen-bond acceptors (Lipinski definition) is 5. The summed E-state index contributed by atoms with van der Waals surface area (Å²) in [4.78, 5) is 12.4. The highest BCUT2D eigenvalue weighted by molar-refractivity contribution is 5.92. The van der Waals surface area contributed by atoms with Crippen molar-refractivity contribution in [2.75, 3.05) is 11.9 Å². The summed E-state index contributed by atoms with van der Waals surface area (Å²) in [5, 5.41) is 15.6. The predicted octanol–water partition coefficient (Wildman–Crippen LogP) is 4.24. The van der Waals surface area contributed by atoms with Gasteiger partial charge in [0, 0.05) is 11.3 Å². The van der Waals surface area contributed by atoms with Crippen molar-refractivity contribution in [1.29, 1.82) is 0 Å². The molecule has 4 aromatic rings. The van der Waals surface area contributed by atoms with Crippen LogP contribution in [0.4, 0.5) is 5.69 Å². The maximum atomic E-state index is 12.4. The number of rotatable bonds is 6. The number of fused-ring (bicyclic) bond motifs is 1. The molecule has 0 aliphatic heterocycles. The number of aromatic nitrogens is 4. The molecule has 0 radical (unpaired) electrons. The van der Waals surface area contributed by atoms with Gasteiger partial charge in [-0.1, -0.05) is 44.2 Å². The fraction of sp³-hybridized carbons (Fsp3) is 0.217. The quantitative estimate of drug-likeness (QED) is 0.523. The normalized spacial score (nSPS) is 11.1. The average molecular weight is 401 g/mol. The van der Waals surface area contributed by atoms with E-state index in [2.05, 4.69) is 34.5 Å². The largest absolute Gasteiger partial charge is 0.483 e. The number of hydrogen-bond donors (Lipinski definition) is 1. The lowest BCUT2D eigenvalue weighted by molar-refractivity contribution is -0.118. The summed E-state index contributed by atoms with van der Waals surface area (Å²) in [7, 11) is 0. The van der Waals surface area contributed by atoms with Crippen LogP contribution in [-0.4, -0.2) is 32.3 Å². The van der Waals surface area contributed by atoms with Gasteiger partial charge in [0.25, 0.3) is 5.91 Å². The third-order valence-electron chi connectivity index (χ3n) is 4.76. The molecule has 0 saturated carbocycles. The third kappa shape index (κ3) is 4.15. The molecular formula is C23H23N5O2. The van der Waals surface area contributed by atoms with Crippen LogP contribution in [0.2, 0.25) is 0 Å². The first-order valence-corrected chi connectivity index (χ1v) is 9.82. The van der Waals surface area contributed by atoms with Crippen molar-refractivity contribution < 1.29 is 9.53 Å². The summed E-state index contributed by atoms with van der Waals surface area (Å²) in [5.74, 6) is 1.55. The molecule has 152 valence electrons. The minimum absolute atomic E-state index is 0.0575. The summed E-state index contributed by atoms with van der Waals surface area (Å²) >= 11 is 0. The Kier molecular flexibility index (Phi) is 5.43. The zero-order valence-corrected chi connectivity index (χ0v) is 17.2. The van der Waals surface area contributed by atoms with Gasteiger partial charge in [0.15, 0.2) is 18.1 Å². The molecule has 7 heteroatoms. The summed E-state index contributed by atoms with van der Waals surface area (Å²) in [5.41, 5.74) is 4.11. The second-order valence-corrected chi connectivity index (χ2v) is 7.35.